The number of nitrogens with zero attached hydrogens (tertiary/aromatic N) is 1. The molecule has 176 valence electrons. The summed E-state index contributed by atoms with van der Waals surface area (Å²) in [6, 6.07) is 23.6. The molecule has 3 aromatic rings. The third-order valence-electron chi connectivity index (χ3n) is 6.24. The second-order valence-corrected chi connectivity index (χ2v) is 8.90. The van der Waals surface area contributed by atoms with Gasteiger partial charge in [0.05, 0.1) is 11.6 Å². The molecule has 3 rings (SSSR count). The van der Waals surface area contributed by atoms with E-state index in [9.17, 15) is 9.65 Å². The Kier molecular flexibility index (Phi) is 8.62. The van der Waals surface area contributed by atoms with Crippen LogP contribution in [-0.4, -0.2) is 6.54 Å². The Morgan fingerprint density at radius 2 is 1.68 bits per heavy atom. The van der Waals surface area contributed by atoms with E-state index in [0.717, 1.165) is 48.2 Å². The Hall–Kier alpha value is -3.42. The van der Waals surface area contributed by atoms with Crippen molar-refractivity contribution in [1.82, 2.24) is 5.32 Å². The fourth-order valence-corrected chi connectivity index (χ4v) is 4.54. The molecule has 0 atom stereocenters. The van der Waals surface area contributed by atoms with Crippen LogP contribution in [0.15, 0.2) is 79.0 Å². The minimum absolute atomic E-state index is 0.167. The van der Waals surface area contributed by atoms with Crippen molar-refractivity contribution in [2.24, 2.45) is 0 Å². The van der Waals surface area contributed by atoms with Crippen LogP contribution < -0.4 is 10.6 Å². The molecule has 3 nitrogen and oxygen atoms in total. The van der Waals surface area contributed by atoms with Gasteiger partial charge in [-0.3, -0.25) is 0 Å². The van der Waals surface area contributed by atoms with E-state index in [-0.39, 0.29) is 11.4 Å². The predicted octanol–water partition coefficient (Wildman–Crippen LogP) is 7.68. The molecule has 0 radical (unpaired) electrons. The maximum atomic E-state index is 13.6. The molecule has 0 aliphatic heterocycles. The standard InChI is InChI=1S/C30H34FN3/c1-5-16-30(17-6-2,33-21-23(4)34-28-14-15-29(31)22(3)18-28)27-12-10-25(11-13-27)26-9-7-8-24(19-26)20-32/h7-15,18-19,33-34H,4-6,16-17,21H2,1-3H3. The topological polar surface area (TPSA) is 47.9 Å². The van der Waals surface area contributed by atoms with Gasteiger partial charge in [-0.05, 0) is 72.4 Å². The highest BCUT2D eigenvalue weighted by molar-refractivity contribution is 5.65. The van der Waals surface area contributed by atoms with E-state index >= 15 is 0 Å². The number of halogens is 1. The molecule has 0 aromatic heterocycles. The van der Waals surface area contributed by atoms with Crippen molar-refractivity contribution in [3.8, 4) is 17.2 Å². The lowest BCUT2D eigenvalue weighted by molar-refractivity contribution is 0.289. The molecule has 0 amide bonds. The van der Waals surface area contributed by atoms with Crippen LogP contribution in [0.5, 0.6) is 0 Å². The molecule has 34 heavy (non-hydrogen) atoms. The fraction of sp³-hybridized carbons (Fsp3) is 0.300. The first-order valence-electron chi connectivity index (χ1n) is 12.0. The molecule has 0 heterocycles. The number of hydrogen-bond acceptors (Lipinski definition) is 3. The summed E-state index contributed by atoms with van der Waals surface area (Å²) < 4.78 is 13.6. The average Bonchev–Trinajstić information content (AvgIpc) is 2.85. The molecule has 0 saturated carbocycles. The summed E-state index contributed by atoms with van der Waals surface area (Å²) in [6.07, 6.45) is 4.12. The van der Waals surface area contributed by atoms with E-state index in [2.05, 4.69) is 61.4 Å². The van der Waals surface area contributed by atoms with Crippen molar-refractivity contribution in [3.63, 3.8) is 0 Å². The smallest absolute Gasteiger partial charge is 0.126 e. The van der Waals surface area contributed by atoms with Gasteiger partial charge in [0.15, 0.2) is 0 Å². The number of rotatable bonds is 11. The molecule has 0 aliphatic carbocycles. The summed E-state index contributed by atoms with van der Waals surface area (Å²) >= 11 is 0. The lowest BCUT2D eigenvalue weighted by atomic mass is 9.81. The van der Waals surface area contributed by atoms with Crippen LogP contribution >= 0.6 is 0 Å². The third-order valence-corrected chi connectivity index (χ3v) is 6.24. The fourth-order valence-electron chi connectivity index (χ4n) is 4.54. The summed E-state index contributed by atoms with van der Waals surface area (Å²) in [4.78, 5) is 0. The molecule has 0 unspecified atom stereocenters. The predicted molar refractivity (Wildman–Crippen MR) is 140 cm³/mol. The van der Waals surface area contributed by atoms with Crippen LogP contribution in [0.3, 0.4) is 0 Å². The van der Waals surface area contributed by atoms with Crippen molar-refractivity contribution in [2.45, 2.75) is 52.0 Å². The second kappa shape index (κ2) is 11.6. The normalized spacial score (nSPS) is 11.1. The lowest BCUT2D eigenvalue weighted by Crippen LogP contribution is -2.43. The number of nitriles is 1. The summed E-state index contributed by atoms with van der Waals surface area (Å²) in [7, 11) is 0. The molecule has 0 fully saturated rings. The van der Waals surface area contributed by atoms with Crippen molar-refractivity contribution in [3.05, 3.63) is 102 Å². The first-order chi connectivity index (χ1) is 16.4. The van der Waals surface area contributed by atoms with Gasteiger partial charge in [-0.15, -0.1) is 0 Å². The Bertz CT molecular complexity index is 1150. The number of nitrogens with one attached hydrogen (secondary N) is 2. The minimum Gasteiger partial charge on any atom is -0.358 e. The maximum absolute atomic E-state index is 13.6. The van der Waals surface area contributed by atoms with Crippen molar-refractivity contribution in [1.29, 1.82) is 5.26 Å². The number of benzene rings is 3. The van der Waals surface area contributed by atoms with Crippen molar-refractivity contribution >= 4 is 5.69 Å². The van der Waals surface area contributed by atoms with Gasteiger partial charge in [-0.25, -0.2) is 4.39 Å². The van der Waals surface area contributed by atoms with Crippen LogP contribution in [0, 0.1) is 24.1 Å². The van der Waals surface area contributed by atoms with Crippen LogP contribution in [0.4, 0.5) is 10.1 Å². The molecular formula is C30H34FN3. The lowest BCUT2D eigenvalue weighted by Gasteiger charge is -2.36. The molecule has 0 spiro atoms. The monoisotopic (exact) mass is 455 g/mol. The van der Waals surface area contributed by atoms with Gasteiger partial charge in [-0.1, -0.05) is 69.7 Å². The van der Waals surface area contributed by atoms with Gasteiger partial charge in [0.2, 0.25) is 0 Å². The first-order valence-corrected chi connectivity index (χ1v) is 12.0. The highest BCUT2D eigenvalue weighted by Gasteiger charge is 2.30. The maximum Gasteiger partial charge on any atom is 0.126 e. The van der Waals surface area contributed by atoms with E-state index in [1.54, 1.807) is 19.1 Å². The van der Waals surface area contributed by atoms with Crippen molar-refractivity contribution in [2.75, 3.05) is 11.9 Å². The van der Waals surface area contributed by atoms with Crippen molar-refractivity contribution < 1.29 is 4.39 Å². The number of hydrogen-bond donors (Lipinski definition) is 2. The molecule has 3 aromatic carbocycles. The van der Waals surface area contributed by atoms with Gasteiger partial charge in [0, 0.05) is 23.5 Å². The van der Waals surface area contributed by atoms with Gasteiger partial charge < -0.3 is 10.6 Å². The number of aryl methyl sites for hydroxylation is 1. The highest BCUT2D eigenvalue weighted by Crippen LogP contribution is 2.33. The Morgan fingerprint density at radius 1 is 0.971 bits per heavy atom. The highest BCUT2D eigenvalue weighted by atomic mass is 19.1. The Labute approximate surface area is 203 Å². The van der Waals surface area contributed by atoms with Gasteiger partial charge in [0.25, 0.3) is 0 Å². The van der Waals surface area contributed by atoms with E-state index < -0.39 is 0 Å². The van der Waals surface area contributed by atoms with Crippen LogP contribution in [0.2, 0.25) is 0 Å². The molecule has 0 saturated heterocycles. The zero-order valence-corrected chi connectivity index (χ0v) is 20.4. The van der Waals surface area contributed by atoms with Crippen LogP contribution in [0.1, 0.15) is 56.2 Å². The molecule has 0 bridgehead atoms. The zero-order valence-electron chi connectivity index (χ0n) is 20.4. The van der Waals surface area contributed by atoms with E-state index in [0.29, 0.717) is 17.7 Å². The zero-order chi connectivity index (χ0) is 24.6. The second-order valence-electron chi connectivity index (χ2n) is 8.90. The molecular weight excluding hydrogens is 421 g/mol. The molecule has 0 aliphatic rings. The first kappa shape index (κ1) is 25.2. The Balaban J connectivity index is 1.79. The van der Waals surface area contributed by atoms with Crippen LogP contribution in [-0.2, 0) is 5.54 Å². The summed E-state index contributed by atoms with van der Waals surface area (Å²) in [6.45, 7) is 11.0. The van der Waals surface area contributed by atoms with E-state index in [4.69, 9.17) is 0 Å². The summed E-state index contributed by atoms with van der Waals surface area (Å²) in [5, 5.41) is 16.3. The third kappa shape index (κ3) is 6.12. The largest absolute Gasteiger partial charge is 0.358 e. The SMILES string of the molecule is C=C(CNC(CCC)(CCC)c1ccc(-c2cccc(C#N)c2)cc1)Nc1ccc(F)c(C)c1. The minimum atomic E-state index is -0.206. The quantitative estimate of drug-likeness (QED) is 0.312. The molecule has 4 heteroatoms. The Morgan fingerprint density at radius 3 is 2.29 bits per heavy atom. The van der Waals surface area contributed by atoms with Crippen LogP contribution in [0.25, 0.3) is 11.1 Å². The van der Waals surface area contributed by atoms with Gasteiger partial charge in [0.1, 0.15) is 5.82 Å². The van der Waals surface area contributed by atoms with E-state index in [1.165, 1.54) is 11.6 Å². The van der Waals surface area contributed by atoms with E-state index in [1.807, 2.05) is 24.3 Å². The number of anilines is 1. The molecule has 2 N–H and O–H groups in total. The summed E-state index contributed by atoms with van der Waals surface area (Å²) in [5.41, 5.74) is 6.18. The average molecular weight is 456 g/mol. The summed E-state index contributed by atoms with van der Waals surface area (Å²) in [5.74, 6) is -0.206. The van der Waals surface area contributed by atoms with Gasteiger partial charge >= 0.3 is 0 Å². The van der Waals surface area contributed by atoms with Gasteiger partial charge in [-0.2, -0.15) is 5.26 Å².